The third kappa shape index (κ3) is 4.32. The molecule has 0 saturated carbocycles. The molecule has 3 rings (SSSR count). The topological polar surface area (TPSA) is 107 Å². The van der Waals surface area contributed by atoms with E-state index in [-0.39, 0.29) is 10.6 Å². The van der Waals surface area contributed by atoms with Gasteiger partial charge < -0.3 is 14.5 Å². The second-order valence-electron chi connectivity index (χ2n) is 5.94. The zero-order valence-electron chi connectivity index (χ0n) is 14.7. The fourth-order valence-electron chi connectivity index (χ4n) is 2.43. The van der Waals surface area contributed by atoms with E-state index >= 15 is 0 Å². The van der Waals surface area contributed by atoms with Gasteiger partial charge in [0.1, 0.15) is 5.65 Å². The fourth-order valence-corrected chi connectivity index (χ4v) is 3.06. The van der Waals surface area contributed by atoms with Crippen molar-refractivity contribution in [3.63, 3.8) is 0 Å². The summed E-state index contributed by atoms with van der Waals surface area (Å²) in [5, 5.41) is 2.53. The van der Waals surface area contributed by atoms with Crippen LogP contribution in [-0.4, -0.2) is 42.5 Å². The van der Waals surface area contributed by atoms with E-state index in [1.54, 1.807) is 16.7 Å². The van der Waals surface area contributed by atoms with Gasteiger partial charge in [-0.15, -0.1) is 0 Å². The van der Waals surface area contributed by atoms with Crippen LogP contribution in [0, 0.1) is 6.92 Å². The number of pyridine rings is 1. The fraction of sp³-hybridized carbons (Fsp3) is 0.167. The van der Waals surface area contributed by atoms with Gasteiger partial charge in [0.2, 0.25) is 0 Å². The molecule has 0 fully saturated rings. The Labute approximate surface area is 155 Å². The monoisotopic (exact) mass is 387 g/mol. The SMILES string of the molecule is Cc1cccc2nc(C(=O)OCC(=O)Nc3ccc(S(C)(=O)=O)cc3)cn12. The number of aromatic nitrogens is 2. The molecule has 8 nitrogen and oxygen atoms in total. The van der Waals surface area contributed by atoms with Gasteiger partial charge in [-0.05, 0) is 43.3 Å². The van der Waals surface area contributed by atoms with E-state index in [1.807, 2.05) is 19.1 Å². The largest absolute Gasteiger partial charge is 0.451 e. The molecule has 0 aliphatic heterocycles. The normalized spacial score (nSPS) is 11.3. The Morgan fingerprint density at radius 3 is 2.48 bits per heavy atom. The Balaban J connectivity index is 1.59. The first-order valence-electron chi connectivity index (χ1n) is 7.96. The Bertz CT molecular complexity index is 1120. The summed E-state index contributed by atoms with van der Waals surface area (Å²) in [4.78, 5) is 28.3. The number of hydrogen-bond acceptors (Lipinski definition) is 6. The molecule has 1 N–H and O–H groups in total. The highest BCUT2D eigenvalue weighted by atomic mass is 32.2. The zero-order valence-corrected chi connectivity index (χ0v) is 15.5. The minimum Gasteiger partial charge on any atom is -0.451 e. The van der Waals surface area contributed by atoms with Crippen LogP contribution in [0.25, 0.3) is 5.65 Å². The molecule has 2 heterocycles. The van der Waals surface area contributed by atoms with Crippen LogP contribution < -0.4 is 5.32 Å². The van der Waals surface area contributed by atoms with Crippen LogP contribution >= 0.6 is 0 Å². The average Bonchev–Trinajstić information content (AvgIpc) is 3.05. The maximum absolute atomic E-state index is 12.1. The lowest BCUT2D eigenvalue weighted by Crippen LogP contribution is -2.21. The highest BCUT2D eigenvalue weighted by Gasteiger charge is 2.15. The Morgan fingerprint density at radius 2 is 1.85 bits per heavy atom. The number of carbonyl (C=O) groups is 2. The molecule has 0 atom stereocenters. The third-order valence-electron chi connectivity index (χ3n) is 3.81. The van der Waals surface area contributed by atoms with Crippen molar-refractivity contribution in [1.82, 2.24) is 9.38 Å². The van der Waals surface area contributed by atoms with Crippen LogP contribution in [0.3, 0.4) is 0 Å². The molecule has 3 aromatic rings. The summed E-state index contributed by atoms with van der Waals surface area (Å²) in [5.41, 5.74) is 2.02. The number of amides is 1. The Hall–Kier alpha value is -3.20. The van der Waals surface area contributed by atoms with Crippen molar-refractivity contribution < 1.29 is 22.7 Å². The van der Waals surface area contributed by atoms with E-state index in [2.05, 4.69) is 10.3 Å². The molecular formula is C18H17N3O5S. The van der Waals surface area contributed by atoms with Crippen LogP contribution in [0.1, 0.15) is 16.2 Å². The highest BCUT2D eigenvalue weighted by molar-refractivity contribution is 7.90. The number of ether oxygens (including phenoxy) is 1. The summed E-state index contributed by atoms with van der Waals surface area (Å²) in [6.07, 6.45) is 2.65. The van der Waals surface area contributed by atoms with Gasteiger partial charge in [0.25, 0.3) is 5.91 Å². The molecule has 0 aliphatic rings. The summed E-state index contributed by atoms with van der Waals surface area (Å²) in [5.74, 6) is -1.25. The van der Waals surface area contributed by atoms with Crippen molar-refractivity contribution >= 4 is 33.0 Å². The van der Waals surface area contributed by atoms with Crippen molar-refractivity contribution in [3.8, 4) is 0 Å². The molecule has 0 saturated heterocycles. The van der Waals surface area contributed by atoms with E-state index in [9.17, 15) is 18.0 Å². The van der Waals surface area contributed by atoms with Crippen molar-refractivity contribution in [2.45, 2.75) is 11.8 Å². The lowest BCUT2D eigenvalue weighted by molar-refractivity contribution is -0.119. The maximum Gasteiger partial charge on any atom is 0.359 e. The van der Waals surface area contributed by atoms with E-state index in [0.29, 0.717) is 11.3 Å². The molecule has 0 spiro atoms. The molecule has 1 amide bonds. The van der Waals surface area contributed by atoms with Gasteiger partial charge in [0.15, 0.2) is 22.1 Å². The molecule has 0 bridgehead atoms. The zero-order chi connectivity index (χ0) is 19.6. The highest BCUT2D eigenvalue weighted by Crippen LogP contribution is 2.14. The van der Waals surface area contributed by atoms with Gasteiger partial charge in [-0.1, -0.05) is 6.07 Å². The molecule has 0 aliphatic carbocycles. The number of sulfone groups is 1. The molecular weight excluding hydrogens is 370 g/mol. The van der Waals surface area contributed by atoms with Crippen LogP contribution in [-0.2, 0) is 19.4 Å². The summed E-state index contributed by atoms with van der Waals surface area (Å²) in [7, 11) is -3.31. The van der Waals surface area contributed by atoms with E-state index in [4.69, 9.17) is 4.74 Å². The molecule has 9 heteroatoms. The molecule has 1 aromatic carbocycles. The van der Waals surface area contributed by atoms with Gasteiger partial charge in [-0.3, -0.25) is 4.79 Å². The number of anilines is 1. The quantitative estimate of drug-likeness (QED) is 0.670. The summed E-state index contributed by atoms with van der Waals surface area (Å²) in [6, 6.07) is 11.2. The van der Waals surface area contributed by atoms with Crippen LogP contribution in [0.2, 0.25) is 0 Å². The van der Waals surface area contributed by atoms with Gasteiger partial charge in [0.05, 0.1) is 4.90 Å². The Morgan fingerprint density at radius 1 is 1.15 bits per heavy atom. The first-order valence-corrected chi connectivity index (χ1v) is 9.85. The predicted octanol–water partition coefficient (Wildman–Crippen LogP) is 1.84. The number of imidazole rings is 1. The van der Waals surface area contributed by atoms with Gasteiger partial charge in [-0.2, -0.15) is 0 Å². The molecule has 0 radical (unpaired) electrons. The second kappa shape index (κ2) is 7.20. The molecule has 2 aromatic heterocycles. The van der Waals surface area contributed by atoms with Gasteiger partial charge in [-0.25, -0.2) is 18.2 Å². The first kappa shape index (κ1) is 18.6. The number of aryl methyl sites for hydroxylation is 1. The van der Waals surface area contributed by atoms with Crippen LogP contribution in [0.5, 0.6) is 0 Å². The predicted molar refractivity (Wildman–Crippen MR) is 98.4 cm³/mol. The third-order valence-corrected chi connectivity index (χ3v) is 4.93. The minimum atomic E-state index is -3.31. The van der Waals surface area contributed by atoms with E-state index in [0.717, 1.165) is 11.9 Å². The number of rotatable bonds is 5. The molecule has 140 valence electrons. The van der Waals surface area contributed by atoms with Crippen LogP contribution in [0.15, 0.2) is 53.6 Å². The standard InChI is InChI=1S/C18H17N3O5S/c1-12-4-3-5-16-20-15(10-21(12)16)18(23)26-11-17(22)19-13-6-8-14(9-7-13)27(2,24)25/h3-10H,11H2,1-2H3,(H,19,22). The molecule has 27 heavy (non-hydrogen) atoms. The van der Waals surface area contributed by atoms with E-state index < -0.39 is 28.3 Å². The summed E-state index contributed by atoms with van der Waals surface area (Å²) >= 11 is 0. The van der Waals surface area contributed by atoms with Gasteiger partial charge in [0, 0.05) is 23.8 Å². The van der Waals surface area contributed by atoms with E-state index in [1.165, 1.54) is 24.3 Å². The number of esters is 1. The summed E-state index contributed by atoms with van der Waals surface area (Å²) in [6.45, 7) is 1.39. The molecule has 0 unspecified atom stereocenters. The number of benzene rings is 1. The second-order valence-corrected chi connectivity index (χ2v) is 7.96. The maximum atomic E-state index is 12.1. The van der Waals surface area contributed by atoms with Crippen molar-refractivity contribution in [3.05, 3.63) is 60.0 Å². The lowest BCUT2D eigenvalue weighted by Gasteiger charge is -2.06. The lowest BCUT2D eigenvalue weighted by atomic mass is 10.3. The number of carbonyl (C=O) groups excluding carboxylic acids is 2. The number of hydrogen-bond donors (Lipinski definition) is 1. The smallest absolute Gasteiger partial charge is 0.359 e. The number of nitrogens with zero attached hydrogens (tertiary/aromatic N) is 2. The van der Waals surface area contributed by atoms with Crippen molar-refractivity contribution in [2.24, 2.45) is 0 Å². The van der Waals surface area contributed by atoms with Crippen molar-refractivity contribution in [1.29, 1.82) is 0 Å². The number of fused-ring (bicyclic) bond motifs is 1. The summed E-state index contributed by atoms with van der Waals surface area (Å²) < 4.78 is 29.6. The number of nitrogens with one attached hydrogen (secondary N) is 1. The minimum absolute atomic E-state index is 0.106. The first-order chi connectivity index (χ1) is 12.7. The van der Waals surface area contributed by atoms with Crippen LogP contribution in [0.4, 0.5) is 5.69 Å². The van der Waals surface area contributed by atoms with Crippen molar-refractivity contribution in [2.75, 3.05) is 18.2 Å². The van der Waals surface area contributed by atoms with Gasteiger partial charge >= 0.3 is 5.97 Å². The Kier molecular flexibility index (Phi) is 4.95. The average molecular weight is 387 g/mol.